The zero-order chi connectivity index (χ0) is 16.1. The highest BCUT2D eigenvalue weighted by Crippen LogP contribution is 2.28. The summed E-state index contributed by atoms with van der Waals surface area (Å²) in [5.41, 5.74) is 1.94. The molecule has 1 saturated heterocycles. The summed E-state index contributed by atoms with van der Waals surface area (Å²) in [6, 6.07) is 5.91. The highest BCUT2D eigenvalue weighted by atomic mass is 32.2. The van der Waals surface area contributed by atoms with Crippen molar-refractivity contribution in [2.24, 2.45) is 0 Å². The van der Waals surface area contributed by atoms with Gasteiger partial charge in [0.15, 0.2) is 0 Å². The molecule has 0 aromatic heterocycles. The predicted molar refractivity (Wildman–Crippen MR) is 90.4 cm³/mol. The number of amides is 3. The van der Waals surface area contributed by atoms with E-state index in [9.17, 15) is 9.59 Å². The minimum absolute atomic E-state index is 0.0748. The Balaban J connectivity index is 2.05. The lowest BCUT2D eigenvalue weighted by atomic mass is 10.2. The van der Waals surface area contributed by atoms with Gasteiger partial charge in [0.25, 0.3) is 0 Å². The Kier molecular flexibility index (Phi) is 5.71. The second-order valence-electron chi connectivity index (χ2n) is 5.43. The van der Waals surface area contributed by atoms with E-state index in [0.717, 1.165) is 29.1 Å². The van der Waals surface area contributed by atoms with Crippen LogP contribution in [-0.2, 0) is 4.79 Å². The molecule has 0 radical (unpaired) electrons. The number of para-hydroxylation sites is 1. The van der Waals surface area contributed by atoms with Crippen molar-refractivity contribution < 1.29 is 9.59 Å². The molecule has 0 atom stereocenters. The van der Waals surface area contributed by atoms with Crippen molar-refractivity contribution in [3.05, 3.63) is 23.8 Å². The molecule has 1 fully saturated rings. The minimum Gasteiger partial charge on any atom is -0.341 e. The van der Waals surface area contributed by atoms with Crippen LogP contribution in [0.15, 0.2) is 23.1 Å². The third-order valence-corrected chi connectivity index (χ3v) is 4.69. The van der Waals surface area contributed by atoms with Crippen LogP contribution >= 0.6 is 11.8 Å². The van der Waals surface area contributed by atoms with Gasteiger partial charge in [0.1, 0.15) is 0 Å². The highest BCUT2D eigenvalue weighted by Gasteiger charge is 2.21. The monoisotopic (exact) mass is 321 g/mol. The molecule has 1 aromatic carbocycles. The number of nitrogens with one attached hydrogen (secondary N) is 1. The molecule has 22 heavy (non-hydrogen) atoms. The van der Waals surface area contributed by atoms with Crippen LogP contribution in [0.2, 0.25) is 0 Å². The molecular weight excluding hydrogens is 298 g/mol. The molecular formula is C16H23N3O2S. The lowest BCUT2D eigenvalue weighted by molar-refractivity contribution is -0.128. The van der Waals surface area contributed by atoms with Crippen LogP contribution in [0.5, 0.6) is 0 Å². The van der Waals surface area contributed by atoms with E-state index in [1.165, 1.54) is 0 Å². The summed E-state index contributed by atoms with van der Waals surface area (Å²) in [4.78, 5) is 28.6. The van der Waals surface area contributed by atoms with Gasteiger partial charge in [-0.15, -0.1) is 11.8 Å². The van der Waals surface area contributed by atoms with E-state index < -0.39 is 0 Å². The van der Waals surface area contributed by atoms with E-state index in [1.807, 2.05) is 31.4 Å². The average Bonchev–Trinajstić information content (AvgIpc) is 2.75. The quantitative estimate of drug-likeness (QED) is 0.852. The van der Waals surface area contributed by atoms with E-state index in [2.05, 4.69) is 5.32 Å². The van der Waals surface area contributed by atoms with Crippen molar-refractivity contribution in [2.45, 2.75) is 25.2 Å². The van der Waals surface area contributed by atoms with Crippen molar-refractivity contribution >= 4 is 29.4 Å². The molecule has 1 heterocycles. The Bertz CT molecular complexity index is 562. The number of nitrogens with zero attached hydrogens (tertiary/aromatic N) is 2. The molecule has 0 aliphatic carbocycles. The fourth-order valence-electron chi connectivity index (χ4n) is 2.59. The number of thioether (sulfide) groups is 1. The number of rotatable bonds is 2. The summed E-state index contributed by atoms with van der Waals surface area (Å²) >= 11 is 1.62. The maximum absolute atomic E-state index is 12.5. The molecule has 1 N–H and O–H groups in total. The maximum atomic E-state index is 12.5. The standard InChI is InChI=1S/C16H23N3O2S/c1-12-6-4-7-14(22-3)15(12)17-16(21)19-9-5-8-18(10-11-19)13(2)20/h4,6-7H,5,8-11H2,1-3H3,(H,17,21). The van der Waals surface area contributed by atoms with Gasteiger partial charge in [-0.25, -0.2) is 4.79 Å². The third kappa shape index (κ3) is 3.94. The van der Waals surface area contributed by atoms with Gasteiger partial charge in [-0.1, -0.05) is 12.1 Å². The summed E-state index contributed by atoms with van der Waals surface area (Å²) in [6.07, 6.45) is 2.82. The lowest BCUT2D eigenvalue weighted by Crippen LogP contribution is -2.39. The largest absolute Gasteiger partial charge is 0.341 e. The van der Waals surface area contributed by atoms with Crippen molar-refractivity contribution in [2.75, 3.05) is 37.8 Å². The fraction of sp³-hybridized carbons (Fsp3) is 0.500. The number of urea groups is 1. The summed E-state index contributed by atoms with van der Waals surface area (Å²) < 4.78 is 0. The van der Waals surface area contributed by atoms with Crippen LogP contribution < -0.4 is 5.32 Å². The van der Waals surface area contributed by atoms with Crippen molar-refractivity contribution in [1.29, 1.82) is 0 Å². The van der Waals surface area contributed by atoms with Crippen LogP contribution in [-0.4, -0.2) is 54.2 Å². The Morgan fingerprint density at radius 3 is 2.50 bits per heavy atom. The first-order valence-electron chi connectivity index (χ1n) is 7.48. The molecule has 1 aliphatic rings. The zero-order valence-electron chi connectivity index (χ0n) is 13.4. The zero-order valence-corrected chi connectivity index (χ0v) is 14.2. The fourth-order valence-corrected chi connectivity index (χ4v) is 3.22. The molecule has 0 spiro atoms. The van der Waals surface area contributed by atoms with Crippen LogP contribution in [0, 0.1) is 6.92 Å². The topological polar surface area (TPSA) is 52.7 Å². The molecule has 3 amide bonds. The van der Waals surface area contributed by atoms with Crippen LogP contribution in [0.4, 0.5) is 10.5 Å². The van der Waals surface area contributed by atoms with Gasteiger partial charge in [0.05, 0.1) is 5.69 Å². The third-order valence-electron chi connectivity index (χ3n) is 3.91. The van der Waals surface area contributed by atoms with Gasteiger partial charge in [-0.3, -0.25) is 4.79 Å². The molecule has 0 unspecified atom stereocenters. The number of aryl methyl sites for hydroxylation is 1. The Morgan fingerprint density at radius 1 is 1.14 bits per heavy atom. The van der Waals surface area contributed by atoms with Crippen molar-refractivity contribution in [1.82, 2.24) is 9.80 Å². The highest BCUT2D eigenvalue weighted by molar-refractivity contribution is 7.98. The number of carbonyl (C=O) groups excluding carboxylic acids is 2. The summed E-state index contributed by atoms with van der Waals surface area (Å²) in [5.74, 6) is 0.0748. The van der Waals surface area contributed by atoms with Gasteiger partial charge < -0.3 is 15.1 Å². The maximum Gasteiger partial charge on any atom is 0.321 e. The van der Waals surface area contributed by atoms with Gasteiger partial charge in [-0.05, 0) is 31.2 Å². The van der Waals surface area contributed by atoms with E-state index in [0.29, 0.717) is 19.6 Å². The lowest BCUT2D eigenvalue weighted by Gasteiger charge is -2.23. The van der Waals surface area contributed by atoms with Gasteiger partial charge in [0, 0.05) is 38.0 Å². The van der Waals surface area contributed by atoms with E-state index in [4.69, 9.17) is 0 Å². The Hall–Kier alpha value is -1.69. The number of benzene rings is 1. The summed E-state index contributed by atoms with van der Waals surface area (Å²) in [6.45, 7) is 6.15. The molecule has 1 aliphatic heterocycles. The van der Waals surface area contributed by atoms with Gasteiger partial charge in [-0.2, -0.15) is 0 Å². The Morgan fingerprint density at radius 2 is 1.82 bits per heavy atom. The molecule has 5 nitrogen and oxygen atoms in total. The molecule has 2 rings (SSSR count). The second-order valence-corrected chi connectivity index (χ2v) is 6.28. The number of hydrogen-bond acceptors (Lipinski definition) is 3. The van der Waals surface area contributed by atoms with Gasteiger partial charge in [0.2, 0.25) is 5.91 Å². The number of anilines is 1. The predicted octanol–water partition coefficient (Wildman–Crippen LogP) is 2.80. The molecule has 1 aromatic rings. The summed E-state index contributed by atoms with van der Waals surface area (Å²) in [7, 11) is 0. The smallest absolute Gasteiger partial charge is 0.321 e. The van der Waals surface area contributed by atoms with Crippen LogP contribution in [0.25, 0.3) is 0 Å². The van der Waals surface area contributed by atoms with E-state index in [-0.39, 0.29) is 11.9 Å². The van der Waals surface area contributed by atoms with Crippen LogP contribution in [0.1, 0.15) is 18.9 Å². The van der Waals surface area contributed by atoms with Crippen molar-refractivity contribution in [3.8, 4) is 0 Å². The SMILES string of the molecule is CSc1cccc(C)c1NC(=O)N1CCCN(C(C)=O)CC1. The summed E-state index contributed by atoms with van der Waals surface area (Å²) in [5, 5.41) is 3.03. The molecule has 6 heteroatoms. The normalized spacial score (nSPS) is 15.4. The molecule has 0 saturated carbocycles. The first-order chi connectivity index (χ1) is 10.5. The van der Waals surface area contributed by atoms with Crippen LogP contribution in [0.3, 0.4) is 0 Å². The Labute approximate surface area is 136 Å². The minimum atomic E-state index is -0.0880. The molecule has 120 valence electrons. The van der Waals surface area contributed by atoms with E-state index >= 15 is 0 Å². The first kappa shape index (κ1) is 16.7. The first-order valence-corrected chi connectivity index (χ1v) is 8.70. The average molecular weight is 321 g/mol. The number of hydrogen-bond donors (Lipinski definition) is 1. The van der Waals surface area contributed by atoms with Crippen molar-refractivity contribution in [3.63, 3.8) is 0 Å². The molecule has 0 bridgehead atoms. The second kappa shape index (κ2) is 7.54. The number of carbonyl (C=O) groups is 2. The van der Waals surface area contributed by atoms with E-state index in [1.54, 1.807) is 28.5 Å². The van der Waals surface area contributed by atoms with Gasteiger partial charge >= 0.3 is 6.03 Å².